The summed E-state index contributed by atoms with van der Waals surface area (Å²) in [4.78, 5) is 18.2. The van der Waals surface area contributed by atoms with Gasteiger partial charge in [0.15, 0.2) is 17.1 Å². The van der Waals surface area contributed by atoms with Crippen molar-refractivity contribution in [2.24, 2.45) is 0 Å². The van der Waals surface area contributed by atoms with Crippen LogP contribution >= 0.6 is 0 Å². The fraction of sp³-hybridized carbons (Fsp3) is 0.231. The molecule has 1 atom stereocenters. The molecule has 0 bridgehead atoms. The number of anilines is 1. The van der Waals surface area contributed by atoms with Crippen molar-refractivity contribution in [2.45, 2.75) is 25.6 Å². The molecule has 1 aliphatic heterocycles. The first-order valence-electron chi connectivity index (χ1n) is 11.0. The number of rotatable bonds is 7. The van der Waals surface area contributed by atoms with Gasteiger partial charge in [-0.3, -0.25) is 0 Å². The number of carboxylic acid groups (broad SMARTS) is 1. The van der Waals surface area contributed by atoms with Gasteiger partial charge in [0.25, 0.3) is 6.01 Å². The van der Waals surface area contributed by atoms with E-state index in [1.54, 1.807) is 25.2 Å². The van der Waals surface area contributed by atoms with E-state index in [2.05, 4.69) is 4.98 Å². The number of ether oxygens (including phenoxy) is 3. The van der Waals surface area contributed by atoms with Gasteiger partial charge in [-0.05, 0) is 41.5 Å². The third-order valence-electron chi connectivity index (χ3n) is 6.07. The van der Waals surface area contributed by atoms with Crippen molar-refractivity contribution in [3.05, 3.63) is 77.1 Å². The highest BCUT2D eigenvalue weighted by Crippen LogP contribution is 2.40. The average molecular weight is 478 g/mol. The van der Waals surface area contributed by atoms with Gasteiger partial charge < -0.3 is 28.6 Å². The van der Waals surface area contributed by atoms with Crippen LogP contribution in [-0.2, 0) is 24.4 Å². The summed E-state index contributed by atoms with van der Waals surface area (Å²) in [6.45, 7) is 0.499. The first-order valence-corrected chi connectivity index (χ1v) is 11.0. The summed E-state index contributed by atoms with van der Waals surface area (Å²) in [5.41, 5.74) is 3.25. The number of carboxylic acids is 1. The molecule has 8 nitrogen and oxygen atoms in total. The molecule has 3 aromatic carbocycles. The van der Waals surface area contributed by atoms with Gasteiger partial charge in [-0.1, -0.05) is 18.2 Å². The van der Waals surface area contributed by atoms with Gasteiger partial charge in [-0.25, -0.2) is 9.18 Å². The molecule has 0 saturated carbocycles. The highest BCUT2D eigenvalue weighted by Gasteiger charge is 2.36. The standard InChI is InChI=1S/C26H23FN2O6/c1-32-18-7-3-15(4-8-18)14-34-24-19-12-21(25(30)31)29(13-16(19)5-10-22(24)33-2)26-28-20-9-6-17(27)11-23(20)35-26/h3-11,21H,12-14H2,1-2H3,(H,30,31)/t21-/m0/s1. The van der Waals surface area contributed by atoms with Crippen molar-refractivity contribution in [1.29, 1.82) is 0 Å². The monoisotopic (exact) mass is 478 g/mol. The van der Waals surface area contributed by atoms with E-state index < -0.39 is 17.8 Å². The first-order chi connectivity index (χ1) is 17.0. The summed E-state index contributed by atoms with van der Waals surface area (Å²) < 4.78 is 36.2. The molecule has 2 heterocycles. The average Bonchev–Trinajstić information content (AvgIpc) is 3.29. The molecule has 5 rings (SSSR count). The molecule has 0 spiro atoms. The van der Waals surface area contributed by atoms with Crippen LogP contribution in [0.15, 0.2) is 59.0 Å². The molecule has 0 saturated heterocycles. The number of oxazole rings is 1. The van der Waals surface area contributed by atoms with Gasteiger partial charge in [-0.15, -0.1) is 0 Å². The highest BCUT2D eigenvalue weighted by atomic mass is 19.1. The number of nitrogens with zero attached hydrogens (tertiary/aromatic N) is 2. The molecule has 9 heteroatoms. The molecule has 1 aliphatic rings. The molecule has 0 aliphatic carbocycles. The van der Waals surface area contributed by atoms with E-state index >= 15 is 0 Å². The van der Waals surface area contributed by atoms with Gasteiger partial charge in [0, 0.05) is 24.6 Å². The van der Waals surface area contributed by atoms with Crippen LogP contribution in [0.1, 0.15) is 16.7 Å². The number of aliphatic carboxylic acids is 1. The number of hydrogen-bond donors (Lipinski definition) is 1. The number of carbonyl (C=O) groups is 1. The van der Waals surface area contributed by atoms with Gasteiger partial charge in [0.2, 0.25) is 0 Å². The Hall–Kier alpha value is -4.27. The Morgan fingerprint density at radius 2 is 1.94 bits per heavy atom. The summed E-state index contributed by atoms with van der Waals surface area (Å²) in [5.74, 6) is 0.283. The van der Waals surface area contributed by atoms with Crippen LogP contribution in [-0.4, -0.2) is 36.3 Å². The summed E-state index contributed by atoms with van der Waals surface area (Å²) in [6.07, 6.45) is 0.146. The van der Waals surface area contributed by atoms with Crippen LogP contribution in [0, 0.1) is 5.82 Å². The van der Waals surface area contributed by atoms with Crippen LogP contribution < -0.4 is 19.1 Å². The largest absolute Gasteiger partial charge is 0.497 e. The molecule has 4 aromatic rings. The van der Waals surface area contributed by atoms with Crippen LogP contribution in [0.25, 0.3) is 11.1 Å². The molecular weight excluding hydrogens is 455 g/mol. The molecular formula is C26H23FN2O6. The van der Waals surface area contributed by atoms with E-state index in [9.17, 15) is 14.3 Å². The Bertz CT molecular complexity index is 1380. The molecule has 1 aromatic heterocycles. The van der Waals surface area contributed by atoms with Crippen LogP contribution in [0.5, 0.6) is 17.2 Å². The number of halogens is 1. The predicted octanol–water partition coefficient (Wildman–Crippen LogP) is 4.58. The van der Waals surface area contributed by atoms with Crippen LogP contribution in [0.3, 0.4) is 0 Å². The maximum absolute atomic E-state index is 13.6. The van der Waals surface area contributed by atoms with E-state index in [0.29, 0.717) is 17.0 Å². The second-order valence-electron chi connectivity index (χ2n) is 8.17. The zero-order valence-corrected chi connectivity index (χ0v) is 19.2. The first kappa shape index (κ1) is 22.5. The maximum Gasteiger partial charge on any atom is 0.326 e. The van der Waals surface area contributed by atoms with Crippen molar-refractivity contribution in [2.75, 3.05) is 19.1 Å². The fourth-order valence-corrected chi connectivity index (χ4v) is 4.24. The number of benzene rings is 3. The minimum absolute atomic E-state index is 0.125. The Labute approximate surface area is 200 Å². The van der Waals surface area contributed by atoms with E-state index in [-0.39, 0.29) is 31.2 Å². The Morgan fingerprint density at radius 3 is 2.66 bits per heavy atom. The molecule has 0 radical (unpaired) electrons. The SMILES string of the molecule is COc1ccc(COc2c(OC)ccc3c2C[C@@H](C(=O)O)N(c2nc4ccc(F)cc4o2)C3)cc1. The Balaban J connectivity index is 1.48. The molecule has 35 heavy (non-hydrogen) atoms. The van der Waals surface area contributed by atoms with Crippen LogP contribution in [0.4, 0.5) is 10.4 Å². The van der Waals surface area contributed by atoms with Crippen molar-refractivity contribution < 1.29 is 32.9 Å². The second kappa shape index (κ2) is 9.17. The third-order valence-corrected chi connectivity index (χ3v) is 6.07. The zero-order valence-electron chi connectivity index (χ0n) is 19.2. The van der Waals surface area contributed by atoms with Gasteiger partial charge in [-0.2, -0.15) is 4.98 Å². The molecule has 0 amide bonds. The van der Waals surface area contributed by atoms with Crippen molar-refractivity contribution >= 4 is 23.1 Å². The van der Waals surface area contributed by atoms with Gasteiger partial charge in [0.05, 0.1) is 14.2 Å². The smallest absolute Gasteiger partial charge is 0.326 e. The van der Waals surface area contributed by atoms with E-state index in [0.717, 1.165) is 22.4 Å². The van der Waals surface area contributed by atoms with Crippen molar-refractivity contribution in [3.8, 4) is 17.2 Å². The predicted molar refractivity (Wildman–Crippen MR) is 126 cm³/mol. The van der Waals surface area contributed by atoms with Gasteiger partial charge in [0.1, 0.15) is 29.7 Å². The second-order valence-corrected chi connectivity index (χ2v) is 8.17. The molecule has 0 fully saturated rings. The number of hydrogen-bond acceptors (Lipinski definition) is 7. The number of aromatic nitrogens is 1. The Morgan fingerprint density at radius 1 is 1.14 bits per heavy atom. The topological polar surface area (TPSA) is 94.3 Å². The number of fused-ring (bicyclic) bond motifs is 2. The lowest BCUT2D eigenvalue weighted by Crippen LogP contribution is -2.46. The van der Waals surface area contributed by atoms with Crippen molar-refractivity contribution in [3.63, 3.8) is 0 Å². The molecule has 1 N–H and O–H groups in total. The van der Waals surface area contributed by atoms with E-state index in [1.807, 2.05) is 30.3 Å². The van der Waals surface area contributed by atoms with Crippen molar-refractivity contribution in [1.82, 2.24) is 4.98 Å². The lowest BCUT2D eigenvalue weighted by atomic mass is 9.93. The summed E-state index contributed by atoms with van der Waals surface area (Å²) in [6, 6.07) is 14.4. The summed E-state index contributed by atoms with van der Waals surface area (Å²) >= 11 is 0. The zero-order chi connectivity index (χ0) is 24.5. The summed E-state index contributed by atoms with van der Waals surface area (Å²) in [5, 5.41) is 10.0. The fourth-order valence-electron chi connectivity index (χ4n) is 4.24. The molecule has 180 valence electrons. The minimum Gasteiger partial charge on any atom is -0.497 e. The number of methoxy groups -OCH3 is 2. The normalized spacial score (nSPS) is 15.1. The van der Waals surface area contributed by atoms with E-state index in [1.165, 1.54) is 18.2 Å². The molecule has 0 unspecified atom stereocenters. The summed E-state index contributed by atoms with van der Waals surface area (Å²) in [7, 11) is 3.15. The minimum atomic E-state index is -1.03. The lowest BCUT2D eigenvalue weighted by Gasteiger charge is -2.34. The lowest BCUT2D eigenvalue weighted by molar-refractivity contribution is -0.138. The quantitative estimate of drug-likeness (QED) is 0.413. The maximum atomic E-state index is 13.6. The highest BCUT2D eigenvalue weighted by molar-refractivity contribution is 5.81. The third kappa shape index (κ3) is 4.32. The van der Waals surface area contributed by atoms with E-state index in [4.69, 9.17) is 18.6 Å². The van der Waals surface area contributed by atoms with Gasteiger partial charge >= 0.3 is 5.97 Å². The Kier molecular flexibility index (Phi) is 5.90. The van der Waals surface area contributed by atoms with Crippen LogP contribution in [0.2, 0.25) is 0 Å².